The predicted molar refractivity (Wildman–Crippen MR) is 75.8 cm³/mol. The highest BCUT2D eigenvalue weighted by molar-refractivity contribution is 6.30. The van der Waals surface area contributed by atoms with Crippen molar-refractivity contribution in [3.05, 3.63) is 64.4 Å². The molecule has 0 unspecified atom stereocenters. The Balaban J connectivity index is 1.85. The summed E-state index contributed by atoms with van der Waals surface area (Å²) in [6.07, 6.45) is 1.46. The monoisotopic (exact) mass is 291 g/mol. The number of nitrogens with zero attached hydrogens (tertiary/aromatic N) is 1. The summed E-state index contributed by atoms with van der Waals surface area (Å²) in [7, 11) is 0. The molecule has 1 aromatic heterocycles. The van der Waals surface area contributed by atoms with Crippen molar-refractivity contribution in [1.29, 1.82) is 0 Å². The molecule has 1 aromatic carbocycles. The number of carbonyl (C=O) groups excluding carboxylic acids is 1. The number of nitrogens with two attached hydrogens (primary N) is 1. The minimum atomic E-state index is -0.369. The van der Waals surface area contributed by atoms with E-state index in [4.69, 9.17) is 22.2 Å². The molecule has 0 aliphatic heterocycles. The van der Waals surface area contributed by atoms with Gasteiger partial charge in [0.1, 0.15) is 0 Å². The van der Waals surface area contributed by atoms with Gasteiger partial charge in [-0.2, -0.15) is 0 Å². The third-order valence-electron chi connectivity index (χ3n) is 2.65. The molecule has 104 valence electrons. The molecule has 0 fully saturated rings. The van der Waals surface area contributed by atoms with Crippen LogP contribution in [0.1, 0.15) is 21.6 Å². The highest BCUT2D eigenvalue weighted by atomic mass is 35.5. The van der Waals surface area contributed by atoms with Crippen LogP contribution in [0.25, 0.3) is 0 Å². The van der Waals surface area contributed by atoms with Gasteiger partial charge in [0.25, 0.3) is 5.91 Å². The fraction of sp³-hybridized carbons (Fsp3) is 0.143. The van der Waals surface area contributed by atoms with Gasteiger partial charge in [0.05, 0.1) is 24.5 Å². The van der Waals surface area contributed by atoms with Gasteiger partial charge in [0.2, 0.25) is 0 Å². The number of nitrogens with one attached hydrogen (secondary N) is 1. The van der Waals surface area contributed by atoms with Gasteiger partial charge in [-0.05, 0) is 29.8 Å². The Morgan fingerprint density at radius 3 is 2.55 bits per heavy atom. The van der Waals surface area contributed by atoms with E-state index in [-0.39, 0.29) is 5.91 Å². The van der Waals surface area contributed by atoms with E-state index in [1.165, 1.54) is 6.20 Å². The smallest absolute Gasteiger partial charge is 0.266 e. The third kappa shape index (κ3) is 4.03. The quantitative estimate of drug-likeness (QED) is 0.502. The fourth-order valence-electron chi connectivity index (χ4n) is 1.58. The van der Waals surface area contributed by atoms with Crippen LogP contribution >= 0.6 is 11.6 Å². The molecule has 0 spiro atoms. The Kier molecular flexibility index (Phi) is 5.06. The Morgan fingerprint density at radius 1 is 1.20 bits per heavy atom. The van der Waals surface area contributed by atoms with E-state index in [1.807, 2.05) is 29.7 Å². The second-order valence-electron chi connectivity index (χ2n) is 4.13. The summed E-state index contributed by atoms with van der Waals surface area (Å²) in [5.41, 5.74) is 4.24. The molecule has 3 N–H and O–H groups in total. The molecule has 0 bridgehead atoms. The first-order valence-electron chi connectivity index (χ1n) is 5.97. The molecule has 0 radical (unpaired) electrons. The first-order chi connectivity index (χ1) is 9.69. The Morgan fingerprint density at radius 2 is 1.95 bits per heavy atom. The molecule has 1 amide bonds. The lowest BCUT2D eigenvalue weighted by Gasteiger charge is -2.05. The van der Waals surface area contributed by atoms with Crippen LogP contribution in [0.15, 0.2) is 42.6 Å². The van der Waals surface area contributed by atoms with Crippen molar-refractivity contribution in [2.45, 2.75) is 13.2 Å². The summed E-state index contributed by atoms with van der Waals surface area (Å²) in [6.45, 7) is 0.844. The van der Waals surface area contributed by atoms with Crippen LogP contribution in [-0.4, -0.2) is 10.9 Å². The maximum Gasteiger partial charge on any atom is 0.266 e. The van der Waals surface area contributed by atoms with Crippen molar-refractivity contribution in [1.82, 2.24) is 10.4 Å². The average Bonchev–Trinajstić information content (AvgIpc) is 2.49. The first kappa shape index (κ1) is 14.5. The zero-order valence-corrected chi connectivity index (χ0v) is 11.4. The molecule has 1 heterocycles. The Hall–Kier alpha value is -1.95. The molecular weight excluding hydrogens is 278 g/mol. The molecular formula is C14H14ClN3O2. The van der Waals surface area contributed by atoms with E-state index in [0.29, 0.717) is 23.8 Å². The van der Waals surface area contributed by atoms with Gasteiger partial charge in [0.15, 0.2) is 0 Å². The number of carbonyl (C=O) groups is 1. The van der Waals surface area contributed by atoms with Gasteiger partial charge < -0.3 is 4.74 Å². The number of hydrogen-bond donors (Lipinski definition) is 2. The molecule has 0 saturated heterocycles. The van der Waals surface area contributed by atoms with E-state index in [1.54, 1.807) is 12.1 Å². The maximum atomic E-state index is 11.2. The summed E-state index contributed by atoms with van der Waals surface area (Å²) in [5, 5.41) is 0.698. The summed E-state index contributed by atoms with van der Waals surface area (Å²) < 4.78 is 5.54. The van der Waals surface area contributed by atoms with Gasteiger partial charge in [-0.3, -0.25) is 15.2 Å². The lowest BCUT2D eigenvalue weighted by molar-refractivity contribution is 0.0951. The topological polar surface area (TPSA) is 77.2 Å². The van der Waals surface area contributed by atoms with Gasteiger partial charge in [-0.25, -0.2) is 5.84 Å². The van der Waals surface area contributed by atoms with Crippen molar-refractivity contribution in [2.75, 3.05) is 0 Å². The van der Waals surface area contributed by atoms with Crippen molar-refractivity contribution >= 4 is 17.5 Å². The van der Waals surface area contributed by atoms with Crippen LogP contribution < -0.4 is 11.3 Å². The van der Waals surface area contributed by atoms with Crippen molar-refractivity contribution in [3.8, 4) is 0 Å². The highest BCUT2D eigenvalue weighted by Gasteiger charge is 2.03. The van der Waals surface area contributed by atoms with Crippen molar-refractivity contribution in [3.63, 3.8) is 0 Å². The number of rotatable bonds is 5. The number of pyridine rings is 1. The third-order valence-corrected chi connectivity index (χ3v) is 2.90. The van der Waals surface area contributed by atoms with Crippen molar-refractivity contribution < 1.29 is 9.53 Å². The predicted octanol–water partition coefficient (Wildman–Crippen LogP) is 2.06. The molecule has 2 rings (SSSR count). The lowest BCUT2D eigenvalue weighted by atomic mass is 10.2. The van der Waals surface area contributed by atoms with E-state index in [9.17, 15) is 4.79 Å². The van der Waals surface area contributed by atoms with Crippen molar-refractivity contribution in [2.24, 2.45) is 5.84 Å². The molecule has 0 aliphatic carbocycles. The summed E-state index contributed by atoms with van der Waals surface area (Å²) in [4.78, 5) is 15.4. The van der Waals surface area contributed by atoms with Crippen LogP contribution in [0, 0.1) is 0 Å². The zero-order valence-electron chi connectivity index (χ0n) is 10.7. The van der Waals surface area contributed by atoms with Crippen LogP contribution in [0.2, 0.25) is 5.02 Å². The highest BCUT2D eigenvalue weighted by Crippen LogP contribution is 2.11. The minimum Gasteiger partial charge on any atom is -0.370 e. The average molecular weight is 292 g/mol. The summed E-state index contributed by atoms with van der Waals surface area (Å²) >= 11 is 5.80. The SMILES string of the molecule is NNC(=O)c1ccc(COCc2ccc(Cl)cc2)nc1. The Labute approximate surface area is 121 Å². The van der Waals surface area contributed by atoms with Gasteiger partial charge >= 0.3 is 0 Å². The van der Waals surface area contributed by atoms with Crippen LogP contribution in [-0.2, 0) is 18.0 Å². The maximum absolute atomic E-state index is 11.2. The summed E-state index contributed by atoms with van der Waals surface area (Å²) in [6, 6.07) is 10.8. The van der Waals surface area contributed by atoms with E-state index >= 15 is 0 Å². The molecule has 0 atom stereocenters. The summed E-state index contributed by atoms with van der Waals surface area (Å²) in [5.74, 6) is 4.67. The van der Waals surface area contributed by atoms with Crippen LogP contribution in [0.3, 0.4) is 0 Å². The number of halogens is 1. The zero-order chi connectivity index (χ0) is 14.4. The van der Waals surface area contributed by atoms with E-state index in [2.05, 4.69) is 4.98 Å². The number of amides is 1. The molecule has 5 nitrogen and oxygen atoms in total. The molecule has 0 saturated carbocycles. The molecule has 0 aliphatic rings. The van der Waals surface area contributed by atoms with Gasteiger partial charge in [-0.1, -0.05) is 23.7 Å². The second-order valence-corrected chi connectivity index (χ2v) is 4.57. The number of aromatic nitrogens is 1. The normalized spacial score (nSPS) is 10.3. The largest absolute Gasteiger partial charge is 0.370 e. The second kappa shape index (κ2) is 7.00. The number of hydrazine groups is 1. The molecule has 2 aromatic rings. The van der Waals surface area contributed by atoms with Crippen LogP contribution in [0.4, 0.5) is 0 Å². The first-order valence-corrected chi connectivity index (χ1v) is 6.35. The molecule has 6 heteroatoms. The van der Waals surface area contributed by atoms with E-state index < -0.39 is 0 Å². The van der Waals surface area contributed by atoms with Crippen LogP contribution in [0.5, 0.6) is 0 Å². The van der Waals surface area contributed by atoms with E-state index in [0.717, 1.165) is 11.3 Å². The number of hydrogen-bond acceptors (Lipinski definition) is 4. The number of benzene rings is 1. The fourth-order valence-corrected chi connectivity index (χ4v) is 1.71. The van der Waals surface area contributed by atoms with Gasteiger partial charge in [0, 0.05) is 11.2 Å². The molecule has 20 heavy (non-hydrogen) atoms. The lowest BCUT2D eigenvalue weighted by Crippen LogP contribution is -2.30. The minimum absolute atomic E-state index is 0.368. The standard InChI is InChI=1S/C14H14ClN3O2/c15-12-4-1-10(2-5-12)8-20-9-13-6-3-11(7-17-13)14(19)18-16/h1-7H,8-9,16H2,(H,18,19). The number of nitrogen functional groups attached to an aromatic ring is 1. The Bertz CT molecular complexity index is 570. The van der Waals surface area contributed by atoms with Gasteiger partial charge in [-0.15, -0.1) is 0 Å². The number of ether oxygens (including phenoxy) is 1.